The van der Waals surface area contributed by atoms with Crippen LogP contribution in [0.5, 0.6) is 0 Å². The first-order chi connectivity index (χ1) is 7.18. The maximum absolute atomic E-state index is 8.74. The van der Waals surface area contributed by atoms with Gasteiger partial charge in [0.15, 0.2) is 5.96 Å². The molecule has 0 amide bonds. The molecule has 0 aromatic heterocycles. The van der Waals surface area contributed by atoms with Crippen molar-refractivity contribution in [2.45, 2.75) is 0 Å². The third-order valence-electron chi connectivity index (χ3n) is 1.07. The van der Waals surface area contributed by atoms with Crippen molar-refractivity contribution in [3.8, 4) is 0 Å². The van der Waals surface area contributed by atoms with Gasteiger partial charge in [-0.3, -0.25) is 9.11 Å². The minimum atomic E-state index is -4.67. The molecular formula is C7H10IN3O4S. The lowest BCUT2D eigenvalue weighted by atomic mass is 10.3. The monoisotopic (exact) mass is 359 g/mol. The Labute approximate surface area is 106 Å². The molecule has 1 aromatic carbocycles. The van der Waals surface area contributed by atoms with Crippen LogP contribution in [-0.4, -0.2) is 23.5 Å². The van der Waals surface area contributed by atoms with E-state index in [1.165, 1.54) is 0 Å². The fourth-order valence-corrected chi connectivity index (χ4v) is 1.22. The lowest BCUT2D eigenvalue weighted by Gasteiger charge is -1.94. The maximum atomic E-state index is 8.74. The van der Waals surface area contributed by atoms with Crippen LogP contribution in [-0.2, 0) is 10.4 Å². The van der Waals surface area contributed by atoms with E-state index in [2.05, 4.69) is 27.6 Å². The predicted molar refractivity (Wildman–Crippen MR) is 68.8 cm³/mol. The quantitative estimate of drug-likeness (QED) is 0.250. The molecule has 16 heavy (non-hydrogen) atoms. The summed E-state index contributed by atoms with van der Waals surface area (Å²) in [6, 6.07) is 7.64. The van der Waals surface area contributed by atoms with Crippen LogP contribution in [0.25, 0.3) is 0 Å². The fourth-order valence-electron chi connectivity index (χ4n) is 0.695. The second-order valence-corrected chi connectivity index (χ2v) is 4.61. The second kappa shape index (κ2) is 6.62. The van der Waals surface area contributed by atoms with Crippen LogP contribution in [0.3, 0.4) is 0 Å². The summed E-state index contributed by atoms with van der Waals surface area (Å²) >= 11 is 2.20. The number of benzene rings is 1. The van der Waals surface area contributed by atoms with Crippen molar-refractivity contribution in [2.75, 3.05) is 0 Å². The number of nitrogens with zero attached hydrogens (tertiary/aromatic N) is 1. The van der Waals surface area contributed by atoms with Crippen molar-refractivity contribution in [2.24, 2.45) is 16.5 Å². The average molecular weight is 359 g/mol. The van der Waals surface area contributed by atoms with Gasteiger partial charge < -0.3 is 11.5 Å². The van der Waals surface area contributed by atoms with E-state index in [0.29, 0.717) is 0 Å². The number of hydrogen-bond acceptors (Lipinski definition) is 3. The topological polar surface area (TPSA) is 139 Å². The molecule has 0 aliphatic carbocycles. The van der Waals surface area contributed by atoms with Gasteiger partial charge >= 0.3 is 10.4 Å². The largest absolute Gasteiger partial charge is 0.394 e. The lowest BCUT2D eigenvalue weighted by Crippen LogP contribution is -2.21. The predicted octanol–water partition coefficient (Wildman–Crippen LogP) is 0.543. The molecule has 0 aliphatic heterocycles. The molecular weight excluding hydrogens is 349 g/mol. The number of aliphatic imine (C=N–C) groups is 1. The first-order valence-corrected chi connectivity index (χ1v) is 6.21. The summed E-state index contributed by atoms with van der Waals surface area (Å²) in [6.07, 6.45) is 0. The van der Waals surface area contributed by atoms with E-state index in [9.17, 15) is 0 Å². The van der Waals surface area contributed by atoms with Crippen molar-refractivity contribution < 1.29 is 17.5 Å². The van der Waals surface area contributed by atoms with Crippen molar-refractivity contribution in [3.63, 3.8) is 0 Å². The van der Waals surface area contributed by atoms with Gasteiger partial charge in [0, 0.05) is 3.57 Å². The fraction of sp³-hybridized carbons (Fsp3) is 0. The molecule has 0 saturated heterocycles. The second-order valence-electron chi connectivity index (χ2n) is 2.46. The van der Waals surface area contributed by atoms with Gasteiger partial charge in [0.25, 0.3) is 0 Å². The zero-order valence-corrected chi connectivity index (χ0v) is 10.9. The van der Waals surface area contributed by atoms with Gasteiger partial charge in [-0.25, -0.2) is 4.99 Å². The number of guanidine groups is 1. The molecule has 90 valence electrons. The highest BCUT2D eigenvalue weighted by atomic mass is 127. The smallest absolute Gasteiger partial charge is 0.370 e. The molecule has 1 aromatic rings. The summed E-state index contributed by atoms with van der Waals surface area (Å²) < 4.78 is 32.7. The van der Waals surface area contributed by atoms with Gasteiger partial charge in [0.2, 0.25) is 0 Å². The molecule has 6 N–H and O–H groups in total. The molecule has 0 unspecified atom stereocenters. The highest BCUT2D eigenvalue weighted by molar-refractivity contribution is 14.1. The first kappa shape index (κ1) is 15.1. The van der Waals surface area contributed by atoms with Gasteiger partial charge in [0.1, 0.15) is 0 Å². The van der Waals surface area contributed by atoms with E-state index in [0.717, 1.165) is 9.26 Å². The Morgan fingerprint density at radius 2 is 1.81 bits per heavy atom. The molecule has 0 fully saturated rings. The molecule has 1 rings (SSSR count). The van der Waals surface area contributed by atoms with E-state index in [-0.39, 0.29) is 5.96 Å². The zero-order chi connectivity index (χ0) is 12.8. The molecule has 0 heterocycles. The van der Waals surface area contributed by atoms with Crippen LogP contribution in [0.15, 0.2) is 29.3 Å². The standard InChI is InChI=1S/C7H8IN3.H2O4S/c8-5-2-1-3-6(4-5)11-7(9)10;1-5(2,3)4/h1-4H,(H4,9,10,11);(H2,1,2,3,4). The molecule has 7 nitrogen and oxygen atoms in total. The summed E-state index contributed by atoms with van der Waals surface area (Å²) in [5.41, 5.74) is 11.2. The summed E-state index contributed by atoms with van der Waals surface area (Å²) in [7, 11) is -4.67. The summed E-state index contributed by atoms with van der Waals surface area (Å²) in [5, 5.41) is 0. The third kappa shape index (κ3) is 11.2. The number of halogens is 1. The summed E-state index contributed by atoms with van der Waals surface area (Å²) in [6.45, 7) is 0. The number of rotatable bonds is 1. The van der Waals surface area contributed by atoms with Gasteiger partial charge in [0.05, 0.1) is 5.69 Å². The van der Waals surface area contributed by atoms with Crippen molar-refractivity contribution in [1.29, 1.82) is 0 Å². The molecule has 0 aliphatic rings. The average Bonchev–Trinajstić information content (AvgIpc) is 1.98. The van der Waals surface area contributed by atoms with E-state index in [1.807, 2.05) is 24.3 Å². The van der Waals surface area contributed by atoms with Crippen molar-refractivity contribution in [3.05, 3.63) is 27.8 Å². The SMILES string of the molecule is NC(N)=Nc1cccc(I)c1.O=S(=O)(O)O. The number of hydrogen-bond donors (Lipinski definition) is 4. The molecule has 0 spiro atoms. The van der Waals surface area contributed by atoms with E-state index in [1.54, 1.807) is 0 Å². The van der Waals surface area contributed by atoms with Crippen molar-refractivity contribution >= 4 is 44.6 Å². The van der Waals surface area contributed by atoms with E-state index < -0.39 is 10.4 Å². The van der Waals surface area contributed by atoms with E-state index >= 15 is 0 Å². The van der Waals surface area contributed by atoms with Crippen LogP contribution >= 0.6 is 22.6 Å². The van der Waals surface area contributed by atoms with E-state index in [4.69, 9.17) is 29.0 Å². The third-order valence-corrected chi connectivity index (χ3v) is 1.74. The minimum absolute atomic E-state index is 0.0898. The van der Waals surface area contributed by atoms with Gasteiger partial charge in [-0.05, 0) is 40.8 Å². The van der Waals surface area contributed by atoms with Crippen LogP contribution in [0.1, 0.15) is 0 Å². The zero-order valence-electron chi connectivity index (χ0n) is 7.91. The Kier molecular flexibility index (Phi) is 6.25. The Morgan fingerprint density at radius 1 is 1.31 bits per heavy atom. The summed E-state index contributed by atoms with van der Waals surface area (Å²) in [5.74, 6) is 0.0898. The Balaban J connectivity index is 0.000000385. The van der Waals surface area contributed by atoms with Gasteiger partial charge in [-0.2, -0.15) is 8.42 Å². The Hall–Kier alpha value is -0.910. The lowest BCUT2D eigenvalue weighted by molar-refractivity contribution is 0.381. The highest BCUT2D eigenvalue weighted by Gasteiger charge is 1.89. The molecule has 0 atom stereocenters. The molecule has 0 bridgehead atoms. The minimum Gasteiger partial charge on any atom is -0.370 e. The molecule has 0 saturated carbocycles. The Morgan fingerprint density at radius 3 is 2.19 bits per heavy atom. The van der Waals surface area contributed by atoms with Crippen LogP contribution < -0.4 is 11.5 Å². The molecule has 9 heteroatoms. The maximum Gasteiger partial charge on any atom is 0.394 e. The van der Waals surface area contributed by atoms with Crippen LogP contribution in [0.4, 0.5) is 5.69 Å². The normalized spacial score (nSPS) is 9.94. The van der Waals surface area contributed by atoms with Crippen LogP contribution in [0, 0.1) is 3.57 Å². The van der Waals surface area contributed by atoms with Gasteiger partial charge in [-0.1, -0.05) is 6.07 Å². The summed E-state index contributed by atoms with van der Waals surface area (Å²) in [4.78, 5) is 3.89. The van der Waals surface area contributed by atoms with Crippen LogP contribution in [0.2, 0.25) is 0 Å². The van der Waals surface area contributed by atoms with Crippen molar-refractivity contribution in [1.82, 2.24) is 0 Å². The molecule has 0 radical (unpaired) electrons. The Bertz CT molecular complexity index is 462. The van der Waals surface area contributed by atoms with Gasteiger partial charge in [-0.15, -0.1) is 0 Å². The first-order valence-electron chi connectivity index (χ1n) is 3.73. The highest BCUT2D eigenvalue weighted by Crippen LogP contribution is 2.14. The number of nitrogens with two attached hydrogens (primary N) is 2.